The Hall–Kier alpha value is -2.21. The normalized spacial score (nSPS) is 10.5. The number of halogens is 3. The first kappa shape index (κ1) is 12.9. The van der Waals surface area contributed by atoms with E-state index in [0.29, 0.717) is 0 Å². The Morgan fingerprint density at radius 3 is 2.35 bits per heavy atom. The molecule has 0 aliphatic rings. The largest absolute Gasteiger partial charge is 0.495 e. The van der Waals surface area contributed by atoms with Gasteiger partial charge >= 0.3 is 6.18 Å². The fourth-order valence-corrected chi connectivity index (χ4v) is 1.40. The van der Waals surface area contributed by atoms with Gasteiger partial charge in [-0.25, -0.2) is 0 Å². The third-order valence-electron chi connectivity index (χ3n) is 2.06. The van der Waals surface area contributed by atoms with E-state index in [2.05, 4.69) is 4.74 Å². The molecule has 0 atom stereocenters. The summed E-state index contributed by atoms with van der Waals surface area (Å²) in [5.41, 5.74) is -1.13. The van der Waals surface area contributed by atoms with Gasteiger partial charge in [-0.05, 0) is 17.7 Å². The van der Waals surface area contributed by atoms with Crippen molar-refractivity contribution in [3.05, 3.63) is 28.8 Å². The van der Waals surface area contributed by atoms with Gasteiger partial charge in [0, 0.05) is 0 Å². The van der Waals surface area contributed by atoms with Crippen molar-refractivity contribution < 1.29 is 17.9 Å². The molecule has 0 spiro atoms. The molecule has 0 aromatic heterocycles. The third kappa shape index (κ3) is 2.67. The first-order chi connectivity index (χ1) is 7.93. The molecule has 1 aromatic rings. The molecule has 0 N–H and O–H groups in total. The number of benzene rings is 1. The molecule has 1 aromatic carbocycles. The molecular formula is C11H7F3N2O. The Labute approximate surface area is 95.7 Å². The fourth-order valence-electron chi connectivity index (χ4n) is 1.40. The summed E-state index contributed by atoms with van der Waals surface area (Å²) in [5, 5.41) is 17.2. The predicted molar refractivity (Wildman–Crippen MR) is 52.0 cm³/mol. The van der Waals surface area contributed by atoms with Crippen LogP contribution in [0.2, 0.25) is 0 Å². The highest BCUT2D eigenvalue weighted by Gasteiger charge is 2.36. The number of hydrogen-bond donors (Lipinski definition) is 0. The minimum atomic E-state index is -4.62. The first-order valence-corrected chi connectivity index (χ1v) is 4.49. The Morgan fingerprint density at radius 1 is 1.29 bits per heavy atom. The molecule has 0 heterocycles. The Morgan fingerprint density at radius 2 is 1.94 bits per heavy atom. The summed E-state index contributed by atoms with van der Waals surface area (Å²) in [6, 6.07) is 5.40. The molecule has 0 aliphatic carbocycles. The summed E-state index contributed by atoms with van der Waals surface area (Å²) < 4.78 is 42.7. The molecule has 17 heavy (non-hydrogen) atoms. The van der Waals surface area contributed by atoms with Crippen LogP contribution in [0.25, 0.3) is 0 Å². The van der Waals surface area contributed by atoms with Gasteiger partial charge in [0.15, 0.2) is 0 Å². The van der Waals surface area contributed by atoms with Crippen molar-refractivity contribution in [1.29, 1.82) is 10.5 Å². The lowest BCUT2D eigenvalue weighted by Gasteiger charge is -2.14. The second-order valence-electron chi connectivity index (χ2n) is 3.17. The van der Waals surface area contributed by atoms with Crippen LogP contribution in [0.4, 0.5) is 13.2 Å². The molecular weight excluding hydrogens is 233 g/mol. The van der Waals surface area contributed by atoms with Gasteiger partial charge in [0.25, 0.3) is 0 Å². The highest BCUT2D eigenvalue weighted by atomic mass is 19.4. The van der Waals surface area contributed by atoms with Crippen molar-refractivity contribution in [1.82, 2.24) is 0 Å². The van der Waals surface area contributed by atoms with Crippen molar-refractivity contribution in [3.63, 3.8) is 0 Å². The maximum absolute atomic E-state index is 12.7. The van der Waals surface area contributed by atoms with Gasteiger partial charge < -0.3 is 4.74 Å². The standard InChI is InChI=1S/C11H7F3N2O/c1-17-10-8(6-16)4-7(2-3-15)5-9(10)11(12,13)14/h4-5H,2H2,1H3. The molecule has 3 nitrogen and oxygen atoms in total. The monoisotopic (exact) mass is 240 g/mol. The second kappa shape index (κ2) is 4.75. The van der Waals surface area contributed by atoms with E-state index in [1.807, 2.05) is 0 Å². The summed E-state index contributed by atoms with van der Waals surface area (Å²) >= 11 is 0. The van der Waals surface area contributed by atoms with Crippen LogP contribution in [-0.4, -0.2) is 7.11 Å². The smallest absolute Gasteiger partial charge is 0.420 e. The van der Waals surface area contributed by atoms with Gasteiger partial charge in [0.1, 0.15) is 11.8 Å². The van der Waals surface area contributed by atoms with Crippen LogP contribution < -0.4 is 4.74 Å². The number of rotatable bonds is 2. The van der Waals surface area contributed by atoms with Crippen molar-refractivity contribution in [2.45, 2.75) is 12.6 Å². The van der Waals surface area contributed by atoms with E-state index in [9.17, 15) is 13.2 Å². The molecule has 0 saturated heterocycles. The summed E-state index contributed by atoms with van der Waals surface area (Å²) in [6.45, 7) is 0. The average Bonchev–Trinajstić information content (AvgIpc) is 2.27. The molecule has 0 fully saturated rings. The predicted octanol–water partition coefficient (Wildman–Crippen LogP) is 2.65. The van der Waals surface area contributed by atoms with E-state index < -0.39 is 17.5 Å². The Bertz CT molecular complexity index is 509. The van der Waals surface area contributed by atoms with E-state index in [0.717, 1.165) is 13.2 Å². The van der Waals surface area contributed by atoms with Gasteiger partial charge in [-0.3, -0.25) is 0 Å². The van der Waals surface area contributed by atoms with Crippen LogP contribution in [0.1, 0.15) is 16.7 Å². The van der Waals surface area contributed by atoms with E-state index in [1.165, 1.54) is 6.07 Å². The van der Waals surface area contributed by atoms with Crippen LogP contribution in [0.15, 0.2) is 12.1 Å². The van der Waals surface area contributed by atoms with E-state index in [1.54, 1.807) is 12.1 Å². The maximum Gasteiger partial charge on any atom is 0.420 e. The quantitative estimate of drug-likeness (QED) is 0.798. The van der Waals surface area contributed by atoms with Crippen molar-refractivity contribution in [3.8, 4) is 17.9 Å². The van der Waals surface area contributed by atoms with Gasteiger partial charge in [-0.1, -0.05) is 0 Å². The third-order valence-corrected chi connectivity index (χ3v) is 2.06. The molecule has 88 valence electrons. The second-order valence-corrected chi connectivity index (χ2v) is 3.17. The maximum atomic E-state index is 12.7. The van der Waals surface area contributed by atoms with Gasteiger partial charge in [0.2, 0.25) is 0 Å². The van der Waals surface area contributed by atoms with E-state index >= 15 is 0 Å². The number of alkyl halides is 3. The molecule has 0 aliphatic heterocycles. The van der Waals surface area contributed by atoms with Gasteiger partial charge in [0.05, 0.1) is 30.7 Å². The number of methoxy groups -OCH3 is 1. The van der Waals surface area contributed by atoms with Crippen LogP contribution >= 0.6 is 0 Å². The molecule has 0 amide bonds. The average molecular weight is 240 g/mol. The topological polar surface area (TPSA) is 56.8 Å². The lowest BCUT2D eigenvalue weighted by atomic mass is 10.0. The molecule has 0 radical (unpaired) electrons. The molecule has 0 saturated carbocycles. The molecule has 0 unspecified atom stereocenters. The van der Waals surface area contributed by atoms with Crippen LogP contribution in [0, 0.1) is 22.7 Å². The fraction of sp³-hybridized carbons (Fsp3) is 0.273. The zero-order valence-corrected chi connectivity index (χ0v) is 8.80. The van der Waals surface area contributed by atoms with Crippen molar-refractivity contribution >= 4 is 0 Å². The van der Waals surface area contributed by atoms with Gasteiger partial charge in [-0.15, -0.1) is 0 Å². The Balaban J connectivity index is 3.51. The van der Waals surface area contributed by atoms with Crippen LogP contribution in [0.3, 0.4) is 0 Å². The van der Waals surface area contributed by atoms with E-state index in [4.69, 9.17) is 10.5 Å². The number of ether oxygens (including phenoxy) is 1. The van der Waals surface area contributed by atoms with Crippen molar-refractivity contribution in [2.24, 2.45) is 0 Å². The first-order valence-electron chi connectivity index (χ1n) is 4.49. The van der Waals surface area contributed by atoms with E-state index in [-0.39, 0.29) is 17.5 Å². The van der Waals surface area contributed by atoms with Crippen LogP contribution in [0.5, 0.6) is 5.75 Å². The van der Waals surface area contributed by atoms with Crippen LogP contribution in [-0.2, 0) is 12.6 Å². The highest BCUT2D eigenvalue weighted by Crippen LogP contribution is 2.38. The SMILES string of the molecule is COc1c(C#N)cc(CC#N)cc1C(F)(F)F. The Kier molecular flexibility index (Phi) is 3.59. The summed E-state index contributed by atoms with van der Waals surface area (Å²) in [7, 11) is 1.06. The zero-order chi connectivity index (χ0) is 13.1. The molecule has 0 bridgehead atoms. The molecule has 6 heteroatoms. The minimum absolute atomic E-state index is 0.136. The number of hydrogen-bond acceptors (Lipinski definition) is 3. The minimum Gasteiger partial charge on any atom is -0.495 e. The molecule has 1 rings (SSSR count). The lowest BCUT2D eigenvalue weighted by molar-refractivity contribution is -0.138. The lowest BCUT2D eigenvalue weighted by Crippen LogP contribution is -2.09. The van der Waals surface area contributed by atoms with Crippen molar-refractivity contribution in [2.75, 3.05) is 7.11 Å². The number of nitrogens with zero attached hydrogens (tertiary/aromatic N) is 2. The zero-order valence-electron chi connectivity index (χ0n) is 8.80. The number of nitriles is 2. The highest BCUT2D eigenvalue weighted by molar-refractivity contribution is 5.52. The summed E-state index contributed by atoms with van der Waals surface area (Å²) in [4.78, 5) is 0. The summed E-state index contributed by atoms with van der Waals surface area (Å²) in [5.74, 6) is -0.512. The summed E-state index contributed by atoms with van der Waals surface area (Å²) in [6.07, 6.45) is -4.82. The van der Waals surface area contributed by atoms with Gasteiger partial charge in [-0.2, -0.15) is 23.7 Å².